The van der Waals surface area contributed by atoms with Crippen LogP contribution >= 0.6 is 0 Å². The Morgan fingerprint density at radius 3 is 2.41 bits per heavy atom. The number of piperazine rings is 1. The van der Waals surface area contributed by atoms with Gasteiger partial charge in [-0.3, -0.25) is 4.79 Å². The third-order valence-corrected chi connectivity index (χ3v) is 6.84. The first-order valence-corrected chi connectivity index (χ1v) is 12.4. The van der Waals surface area contributed by atoms with E-state index in [9.17, 15) is 14.7 Å². The highest BCUT2D eigenvalue weighted by Crippen LogP contribution is 2.26. The molecule has 5 aromatic rings. The SMILES string of the molecule is O=C(O)c1cn(-c2cccc(Cn3cncn3)c2)c2nc(N3CCN(c4ccccc4)CC3)c(F)cc2c1=O. The van der Waals surface area contributed by atoms with Crippen molar-refractivity contribution >= 4 is 28.5 Å². The molecule has 0 radical (unpaired) electrons. The number of anilines is 2. The topological polar surface area (TPSA) is 109 Å². The molecular weight excluding hydrogens is 501 g/mol. The molecule has 196 valence electrons. The summed E-state index contributed by atoms with van der Waals surface area (Å²) in [6.07, 6.45) is 4.29. The number of carboxylic acid groups (broad SMARTS) is 1. The fraction of sp³-hybridized carbons (Fsp3) is 0.179. The zero-order valence-corrected chi connectivity index (χ0v) is 20.8. The molecule has 4 heterocycles. The summed E-state index contributed by atoms with van der Waals surface area (Å²) in [6.45, 7) is 2.87. The summed E-state index contributed by atoms with van der Waals surface area (Å²) < 4.78 is 18.6. The van der Waals surface area contributed by atoms with Crippen LogP contribution in [0, 0.1) is 5.82 Å². The van der Waals surface area contributed by atoms with Gasteiger partial charge in [-0.25, -0.2) is 23.8 Å². The van der Waals surface area contributed by atoms with E-state index in [0.29, 0.717) is 38.4 Å². The molecule has 0 atom stereocenters. The number of halogens is 1. The molecule has 2 aromatic carbocycles. The van der Waals surface area contributed by atoms with Crippen molar-refractivity contribution in [1.29, 1.82) is 0 Å². The molecule has 3 aromatic heterocycles. The van der Waals surface area contributed by atoms with Crippen LogP contribution in [0.1, 0.15) is 15.9 Å². The van der Waals surface area contributed by atoms with Gasteiger partial charge in [0.2, 0.25) is 5.43 Å². The van der Waals surface area contributed by atoms with E-state index in [2.05, 4.69) is 20.0 Å². The number of pyridine rings is 2. The largest absolute Gasteiger partial charge is 0.477 e. The summed E-state index contributed by atoms with van der Waals surface area (Å²) in [5, 5.41) is 13.7. The van der Waals surface area contributed by atoms with Crippen molar-refractivity contribution in [2.45, 2.75) is 6.54 Å². The van der Waals surface area contributed by atoms with Crippen molar-refractivity contribution in [2.24, 2.45) is 0 Å². The minimum Gasteiger partial charge on any atom is -0.477 e. The number of para-hydroxylation sites is 1. The van der Waals surface area contributed by atoms with Crippen LogP contribution in [0.25, 0.3) is 16.7 Å². The standard InChI is InChI=1S/C28H24FN7O3/c29-24-14-22-25(37)23(28(38)39)16-36(21-8-4-5-19(13-21)15-35-18-30-17-31-35)26(22)32-27(24)34-11-9-33(10-12-34)20-6-2-1-3-7-20/h1-8,13-14,16-18H,9-12,15H2,(H,38,39). The van der Waals surface area contributed by atoms with E-state index in [0.717, 1.165) is 17.3 Å². The second-order valence-corrected chi connectivity index (χ2v) is 9.28. The lowest BCUT2D eigenvalue weighted by atomic mass is 10.1. The van der Waals surface area contributed by atoms with Crippen molar-refractivity contribution < 1.29 is 14.3 Å². The molecule has 0 spiro atoms. The van der Waals surface area contributed by atoms with Crippen molar-refractivity contribution in [3.8, 4) is 5.69 Å². The molecule has 0 bridgehead atoms. The summed E-state index contributed by atoms with van der Waals surface area (Å²) in [6, 6.07) is 18.5. The van der Waals surface area contributed by atoms with E-state index in [4.69, 9.17) is 0 Å². The Kier molecular flexibility index (Phi) is 6.23. The molecule has 1 N–H and O–H groups in total. The Morgan fingerprint density at radius 1 is 0.949 bits per heavy atom. The smallest absolute Gasteiger partial charge is 0.341 e. The maximum Gasteiger partial charge on any atom is 0.341 e. The fourth-order valence-corrected chi connectivity index (χ4v) is 4.91. The zero-order valence-electron chi connectivity index (χ0n) is 20.8. The van der Waals surface area contributed by atoms with Crippen molar-refractivity contribution in [3.05, 3.63) is 107 Å². The van der Waals surface area contributed by atoms with Crippen LogP contribution in [-0.2, 0) is 6.54 Å². The van der Waals surface area contributed by atoms with Gasteiger partial charge in [0.25, 0.3) is 0 Å². The Balaban J connectivity index is 1.41. The van der Waals surface area contributed by atoms with Crippen LogP contribution in [0.4, 0.5) is 15.9 Å². The molecule has 39 heavy (non-hydrogen) atoms. The first kappa shape index (κ1) is 24.3. The number of carbonyl (C=O) groups is 1. The fourth-order valence-electron chi connectivity index (χ4n) is 4.91. The summed E-state index contributed by atoms with van der Waals surface area (Å²) in [5.74, 6) is -1.93. The Hall–Kier alpha value is -5.06. The first-order valence-electron chi connectivity index (χ1n) is 12.4. The Morgan fingerprint density at radius 2 is 1.69 bits per heavy atom. The number of aromatic nitrogens is 5. The van der Waals surface area contributed by atoms with Crippen LogP contribution in [0.5, 0.6) is 0 Å². The number of aromatic carboxylic acids is 1. The molecule has 1 aliphatic rings. The summed E-state index contributed by atoms with van der Waals surface area (Å²) in [4.78, 5) is 37.6. The highest BCUT2D eigenvalue weighted by molar-refractivity contribution is 5.92. The van der Waals surface area contributed by atoms with Gasteiger partial charge in [0, 0.05) is 43.8 Å². The van der Waals surface area contributed by atoms with Gasteiger partial charge in [0.1, 0.15) is 18.2 Å². The second kappa shape index (κ2) is 10.0. The third kappa shape index (κ3) is 4.70. The van der Waals surface area contributed by atoms with E-state index in [1.807, 2.05) is 53.4 Å². The predicted octanol–water partition coefficient (Wildman–Crippen LogP) is 3.19. The van der Waals surface area contributed by atoms with Gasteiger partial charge in [0.05, 0.1) is 11.9 Å². The van der Waals surface area contributed by atoms with E-state index in [1.54, 1.807) is 17.1 Å². The van der Waals surface area contributed by atoms with Crippen molar-refractivity contribution in [1.82, 2.24) is 24.3 Å². The van der Waals surface area contributed by atoms with Crippen LogP contribution in [0.3, 0.4) is 0 Å². The molecule has 0 unspecified atom stereocenters. The molecule has 1 aliphatic heterocycles. The highest BCUT2D eigenvalue weighted by atomic mass is 19.1. The number of fused-ring (bicyclic) bond motifs is 1. The van der Waals surface area contributed by atoms with Crippen LogP contribution in [0.15, 0.2) is 84.3 Å². The van der Waals surface area contributed by atoms with E-state index < -0.39 is 22.8 Å². The molecule has 0 amide bonds. The van der Waals surface area contributed by atoms with Gasteiger partial charge in [0.15, 0.2) is 17.3 Å². The van der Waals surface area contributed by atoms with Gasteiger partial charge in [-0.1, -0.05) is 30.3 Å². The van der Waals surface area contributed by atoms with Gasteiger partial charge >= 0.3 is 5.97 Å². The maximum absolute atomic E-state index is 15.4. The minimum absolute atomic E-state index is 0.0965. The molecule has 10 nitrogen and oxygen atoms in total. The lowest BCUT2D eigenvalue weighted by molar-refractivity contribution is 0.0695. The van der Waals surface area contributed by atoms with Crippen LogP contribution in [0.2, 0.25) is 0 Å². The van der Waals surface area contributed by atoms with Crippen LogP contribution < -0.4 is 15.2 Å². The van der Waals surface area contributed by atoms with Crippen LogP contribution in [-0.4, -0.2) is 61.6 Å². The van der Waals surface area contributed by atoms with Gasteiger partial charge < -0.3 is 19.5 Å². The molecule has 0 saturated carbocycles. The molecule has 6 rings (SSSR count). The van der Waals surface area contributed by atoms with Crippen molar-refractivity contribution in [3.63, 3.8) is 0 Å². The van der Waals surface area contributed by atoms with E-state index in [1.165, 1.54) is 17.1 Å². The molecule has 1 saturated heterocycles. The lowest BCUT2D eigenvalue weighted by Crippen LogP contribution is -2.47. The van der Waals surface area contributed by atoms with Gasteiger partial charge in [-0.15, -0.1) is 0 Å². The molecule has 1 fully saturated rings. The molecule has 11 heteroatoms. The zero-order chi connectivity index (χ0) is 26.9. The summed E-state index contributed by atoms with van der Waals surface area (Å²) in [7, 11) is 0. The number of rotatable bonds is 6. The maximum atomic E-state index is 15.4. The average Bonchev–Trinajstić information content (AvgIpc) is 3.47. The first-order chi connectivity index (χ1) is 19.0. The van der Waals surface area contributed by atoms with E-state index in [-0.39, 0.29) is 16.9 Å². The minimum atomic E-state index is -1.39. The average molecular weight is 526 g/mol. The molecule has 0 aliphatic carbocycles. The number of benzene rings is 2. The van der Waals surface area contributed by atoms with Crippen molar-refractivity contribution in [2.75, 3.05) is 36.0 Å². The number of carboxylic acids is 1. The summed E-state index contributed by atoms with van der Waals surface area (Å²) >= 11 is 0. The Labute approximate surface area is 222 Å². The molecular formula is C28H24FN7O3. The lowest BCUT2D eigenvalue weighted by Gasteiger charge is -2.36. The third-order valence-electron chi connectivity index (χ3n) is 6.84. The normalized spacial score (nSPS) is 13.7. The van der Waals surface area contributed by atoms with Gasteiger partial charge in [-0.05, 0) is 35.9 Å². The number of hydrogen-bond donors (Lipinski definition) is 1. The quantitative estimate of drug-likeness (QED) is 0.360. The highest BCUT2D eigenvalue weighted by Gasteiger charge is 2.24. The number of hydrogen-bond acceptors (Lipinski definition) is 7. The Bertz CT molecular complexity index is 1710. The second-order valence-electron chi connectivity index (χ2n) is 9.28. The van der Waals surface area contributed by atoms with E-state index >= 15 is 4.39 Å². The van der Waals surface area contributed by atoms with Gasteiger partial charge in [-0.2, -0.15) is 5.10 Å². The monoisotopic (exact) mass is 525 g/mol. The predicted molar refractivity (Wildman–Crippen MR) is 144 cm³/mol. The number of nitrogens with zero attached hydrogens (tertiary/aromatic N) is 7. The summed E-state index contributed by atoms with van der Waals surface area (Å²) in [5.41, 5.74) is 1.50.